The van der Waals surface area contributed by atoms with Crippen molar-refractivity contribution in [2.45, 2.75) is 80.4 Å². The minimum absolute atomic E-state index is 0.00700. The number of hydrogen-bond donors (Lipinski definition) is 1. The summed E-state index contributed by atoms with van der Waals surface area (Å²) in [5, 5.41) is 11.3. The number of carbonyl (C=O) groups excluding carboxylic acids is 1. The van der Waals surface area contributed by atoms with Crippen LogP contribution in [0.5, 0.6) is 0 Å². The molecule has 4 aliphatic rings. The van der Waals surface area contributed by atoms with Crippen molar-refractivity contribution >= 4 is 15.6 Å². The average Bonchev–Trinajstić information content (AvgIpc) is 3.09. The molecule has 1 N–H and O–H groups in total. The largest absolute Gasteiger partial charge is 0.456 e. The van der Waals surface area contributed by atoms with Crippen molar-refractivity contribution in [3.8, 4) is 0 Å². The van der Waals surface area contributed by atoms with E-state index in [0.717, 1.165) is 23.0 Å². The number of ketones is 1. The highest BCUT2D eigenvalue weighted by Crippen LogP contribution is 2.70. The van der Waals surface area contributed by atoms with Gasteiger partial charge in [-0.1, -0.05) is 24.6 Å². The molecule has 1 aromatic rings. The van der Waals surface area contributed by atoms with Crippen molar-refractivity contribution in [2.24, 2.45) is 17.3 Å². The van der Waals surface area contributed by atoms with Crippen LogP contribution in [0.2, 0.25) is 0 Å². The van der Waals surface area contributed by atoms with Gasteiger partial charge in [0.1, 0.15) is 5.60 Å². The second kappa shape index (κ2) is 8.21. The highest BCUT2D eigenvalue weighted by molar-refractivity contribution is 7.90. The molecule has 0 aliphatic heterocycles. The molecule has 2 fully saturated rings. The van der Waals surface area contributed by atoms with E-state index in [9.17, 15) is 40.3 Å². The zero-order valence-electron chi connectivity index (χ0n) is 20.5. The molecule has 4 aliphatic carbocycles. The van der Waals surface area contributed by atoms with Gasteiger partial charge in [0.05, 0.1) is 4.90 Å². The smallest absolute Gasteiger partial charge is 0.383 e. The summed E-state index contributed by atoms with van der Waals surface area (Å²) < 4.78 is 94.8. The van der Waals surface area contributed by atoms with Gasteiger partial charge in [-0.05, 0) is 85.3 Å². The fourth-order valence-corrected chi connectivity index (χ4v) is 8.29. The lowest BCUT2D eigenvalue weighted by molar-refractivity contribution is -0.362. The lowest BCUT2D eigenvalue weighted by Gasteiger charge is -2.56. The third-order valence-electron chi connectivity index (χ3n) is 9.47. The summed E-state index contributed by atoms with van der Waals surface area (Å²) >= 11 is 0. The number of fused-ring (bicyclic) bond motifs is 4. The van der Waals surface area contributed by atoms with E-state index >= 15 is 0 Å². The first kappa shape index (κ1) is 26.5. The van der Waals surface area contributed by atoms with Crippen molar-refractivity contribution in [3.05, 3.63) is 52.6 Å². The number of hydrogen-bond acceptors (Lipinski definition) is 4. The predicted molar refractivity (Wildman–Crippen MR) is 126 cm³/mol. The summed E-state index contributed by atoms with van der Waals surface area (Å²) in [7, 11) is -3.50. The van der Waals surface area contributed by atoms with Gasteiger partial charge >= 0.3 is 12.1 Å². The maximum atomic E-state index is 15.0. The molecule has 37 heavy (non-hydrogen) atoms. The van der Waals surface area contributed by atoms with Crippen LogP contribution in [0.3, 0.4) is 0 Å². The summed E-state index contributed by atoms with van der Waals surface area (Å²) in [5.41, 5.74) is -1.62. The summed E-state index contributed by atoms with van der Waals surface area (Å²) in [5.74, 6) is -6.79. The number of allylic oxidation sites excluding steroid dienone is 4. The highest BCUT2D eigenvalue weighted by Gasteiger charge is 2.79. The third-order valence-corrected chi connectivity index (χ3v) is 10.6. The van der Waals surface area contributed by atoms with Gasteiger partial charge in [-0.2, -0.15) is 22.0 Å². The Morgan fingerprint density at radius 3 is 2.24 bits per heavy atom. The van der Waals surface area contributed by atoms with Crippen LogP contribution in [0.15, 0.2) is 52.0 Å². The van der Waals surface area contributed by atoms with Gasteiger partial charge < -0.3 is 5.11 Å². The topological polar surface area (TPSA) is 71.4 Å². The molecule has 4 nitrogen and oxygen atoms in total. The Balaban J connectivity index is 1.69. The minimum Gasteiger partial charge on any atom is -0.383 e. The number of halogens is 5. The standard InChI is InChI=1S/C27H29F5O4S/c1-24-14-21(15-3-7-18(8-4-15)37(2,35)36)23-19-10-6-17(33)13-16(19)5-9-20(23)22(24)11-12-25(24,34)26(28,29)27(30,31)32/h3-4,7-8,13,20-22,34H,5-6,9-12,14H2,1-2H3/t20-,21?,22-,24-,25?/m0/s1. The monoisotopic (exact) mass is 544 g/mol. The molecule has 2 unspecified atom stereocenters. The Bertz CT molecular complexity index is 1310. The fourth-order valence-electron chi connectivity index (χ4n) is 7.66. The number of alkyl halides is 5. The van der Waals surface area contributed by atoms with Crippen LogP contribution in [0.1, 0.15) is 63.4 Å². The minimum atomic E-state index is -5.91. The Kier molecular flexibility index (Phi) is 5.89. The summed E-state index contributed by atoms with van der Waals surface area (Å²) in [4.78, 5) is 12.2. The molecule has 0 saturated heterocycles. The molecule has 5 atom stereocenters. The van der Waals surface area contributed by atoms with E-state index in [1.54, 1.807) is 18.2 Å². The number of aliphatic hydroxyl groups is 1. The average molecular weight is 545 g/mol. The Morgan fingerprint density at radius 2 is 1.65 bits per heavy atom. The fraction of sp³-hybridized carbons (Fsp3) is 0.593. The Labute approximate surface area is 212 Å². The quantitative estimate of drug-likeness (QED) is 0.480. The Hall–Kier alpha value is -2.07. The summed E-state index contributed by atoms with van der Waals surface area (Å²) in [6.45, 7) is 1.36. The van der Waals surface area contributed by atoms with Crippen LogP contribution in [0, 0.1) is 17.3 Å². The van der Waals surface area contributed by atoms with Crippen molar-refractivity contribution in [2.75, 3.05) is 6.26 Å². The van der Waals surface area contributed by atoms with E-state index in [1.165, 1.54) is 19.1 Å². The molecule has 0 spiro atoms. The normalized spacial score (nSPS) is 34.5. The van der Waals surface area contributed by atoms with E-state index in [0.29, 0.717) is 31.2 Å². The van der Waals surface area contributed by atoms with Gasteiger partial charge in [-0.25, -0.2) is 8.42 Å². The molecule has 0 aromatic heterocycles. The van der Waals surface area contributed by atoms with Gasteiger partial charge in [-0.15, -0.1) is 0 Å². The first-order valence-corrected chi connectivity index (χ1v) is 14.3. The first-order chi connectivity index (χ1) is 17.0. The number of benzene rings is 1. The van der Waals surface area contributed by atoms with Crippen LogP contribution in [-0.4, -0.2) is 43.3 Å². The first-order valence-electron chi connectivity index (χ1n) is 12.4. The van der Waals surface area contributed by atoms with E-state index in [1.807, 2.05) is 0 Å². The molecular formula is C27H29F5O4S. The molecule has 0 bridgehead atoms. The van der Waals surface area contributed by atoms with Crippen molar-refractivity contribution < 1.29 is 40.3 Å². The van der Waals surface area contributed by atoms with E-state index in [4.69, 9.17) is 0 Å². The van der Waals surface area contributed by atoms with Gasteiger partial charge in [0, 0.05) is 24.0 Å². The molecule has 10 heteroatoms. The molecule has 1 aromatic carbocycles. The van der Waals surface area contributed by atoms with Gasteiger partial charge in [0.2, 0.25) is 0 Å². The van der Waals surface area contributed by atoms with Gasteiger partial charge in [0.15, 0.2) is 15.6 Å². The molecule has 0 heterocycles. The predicted octanol–water partition coefficient (Wildman–Crippen LogP) is 5.92. The number of carbonyl (C=O) groups is 1. The zero-order chi connectivity index (χ0) is 27.2. The summed E-state index contributed by atoms with van der Waals surface area (Å²) in [6.07, 6.45) is -2.22. The molecule has 202 valence electrons. The van der Waals surface area contributed by atoms with Gasteiger partial charge in [0.25, 0.3) is 0 Å². The van der Waals surface area contributed by atoms with Gasteiger partial charge in [-0.3, -0.25) is 4.79 Å². The second-order valence-corrected chi connectivity index (χ2v) is 13.3. The SMILES string of the molecule is C[C@]12CC(c3ccc(S(C)(=O)=O)cc3)C3=C4CCC(=O)C=C4CC[C@H]3[C@@H]1CCC2(O)C(F)(F)C(F)(F)F. The van der Waals surface area contributed by atoms with Crippen molar-refractivity contribution in [1.82, 2.24) is 0 Å². The maximum Gasteiger partial charge on any atom is 0.456 e. The van der Waals surface area contributed by atoms with Crippen LogP contribution in [-0.2, 0) is 14.6 Å². The molecular weight excluding hydrogens is 515 g/mol. The number of rotatable bonds is 3. The highest BCUT2D eigenvalue weighted by atomic mass is 32.2. The molecule has 0 amide bonds. The van der Waals surface area contributed by atoms with E-state index in [2.05, 4.69) is 0 Å². The zero-order valence-corrected chi connectivity index (χ0v) is 21.4. The van der Waals surface area contributed by atoms with Crippen molar-refractivity contribution in [1.29, 1.82) is 0 Å². The van der Waals surface area contributed by atoms with E-state index in [-0.39, 0.29) is 29.4 Å². The third kappa shape index (κ3) is 3.76. The number of sulfone groups is 1. The lowest BCUT2D eigenvalue weighted by atomic mass is 9.50. The Morgan fingerprint density at radius 1 is 1.00 bits per heavy atom. The molecule has 0 radical (unpaired) electrons. The molecule has 5 rings (SSSR count). The second-order valence-electron chi connectivity index (χ2n) is 11.3. The van der Waals surface area contributed by atoms with Crippen LogP contribution < -0.4 is 0 Å². The van der Waals surface area contributed by atoms with Crippen molar-refractivity contribution in [3.63, 3.8) is 0 Å². The van der Waals surface area contributed by atoms with Crippen LogP contribution >= 0.6 is 0 Å². The molecule has 2 saturated carbocycles. The maximum absolute atomic E-state index is 15.0. The van der Waals surface area contributed by atoms with Crippen LogP contribution in [0.25, 0.3) is 0 Å². The van der Waals surface area contributed by atoms with E-state index < -0.39 is 51.2 Å². The summed E-state index contributed by atoms with van der Waals surface area (Å²) in [6, 6.07) is 5.98. The lowest BCUT2D eigenvalue weighted by Crippen LogP contribution is -2.65. The van der Waals surface area contributed by atoms with Crippen LogP contribution in [0.4, 0.5) is 22.0 Å².